The third kappa shape index (κ3) is 2.40. The number of rotatable bonds is 2. The largest absolute Gasteiger partial charge is 0.380 e. The third-order valence-corrected chi connectivity index (χ3v) is 2.92. The Morgan fingerprint density at radius 1 is 1.10 bits per heavy atom. The lowest BCUT2D eigenvalue weighted by atomic mass is 10.0. The molecule has 3 aromatic rings. The molecule has 1 aromatic carbocycles. The quantitative estimate of drug-likeness (QED) is 0.759. The summed E-state index contributed by atoms with van der Waals surface area (Å²) < 4.78 is 31.8. The molecule has 0 radical (unpaired) electrons. The van der Waals surface area contributed by atoms with Crippen molar-refractivity contribution in [2.24, 2.45) is 0 Å². The van der Waals surface area contributed by atoms with Crippen LogP contribution >= 0.6 is 0 Å². The number of hydrogen-bond donors (Lipinski definition) is 2. The molecule has 0 bridgehead atoms. The molecule has 0 amide bonds. The Labute approximate surface area is 117 Å². The van der Waals surface area contributed by atoms with E-state index in [1.165, 1.54) is 18.3 Å². The van der Waals surface area contributed by atoms with Crippen molar-refractivity contribution in [3.8, 4) is 22.5 Å². The molecular formula is C14H9F2N3O2. The van der Waals surface area contributed by atoms with Crippen LogP contribution in [0.15, 0.2) is 45.8 Å². The second kappa shape index (κ2) is 4.86. The molecule has 3 rings (SSSR count). The van der Waals surface area contributed by atoms with Gasteiger partial charge in [0, 0.05) is 23.9 Å². The zero-order valence-corrected chi connectivity index (χ0v) is 10.6. The number of pyridine rings is 1. The Hall–Kier alpha value is -2.96. The third-order valence-electron chi connectivity index (χ3n) is 2.92. The second-order valence-electron chi connectivity index (χ2n) is 4.37. The van der Waals surface area contributed by atoms with Crippen molar-refractivity contribution in [3.63, 3.8) is 0 Å². The van der Waals surface area contributed by atoms with Crippen molar-refractivity contribution in [1.29, 1.82) is 0 Å². The van der Waals surface area contributed by atoms with Gasteiger partial charge in [0.25, 0.3) is 0 Å². The predicted octanol–water partition coefficient (Wildman–Crippen LogP) is 2.56. The SMILES string of the molecule is Nc1noc(-c2ccc(=O)[nH]c2)c1-c1cc(F)cc(F)c1. The van der Waals surface area contributed by atoms with Gasteiger partial charge >= 0.3 is 0 Å². The van der Waals surface area contributed by atoms with Crippen molar-refractivity contribution >= 4 is 5.82 Å². The maximum atomic E-state index is 13.4. The van der Waals surface area contributed by atoms with Gasteiger partial charge in [-0.05, 0) is 23.8 Å². The van der Waals surface area contributed by atoms with Gasteiger partial charge in [0.15, 0.2) is 11.6 Å². The Morgan fingerprint density at radius 2 is 1.81 bits per heavy atom. The summed E-state index contributed by atoms with van der Waals surface area (Å²) in [6, 6.07) is 5.80. The first kappa shape index (κ1) is 13.0. The summed E-state index contributed by atoms with van der Waals surface area (Å²) in [6.45, 7) is 0. The van der Waals surface area contributed by atoms with E-state index < -0.39 is 11.6 Å². The maximum Gasteiger partial charge on any atom is 0.247 e. The minimum absolute atomic E-state index is 0.00111. The fourth-order valence-corrected chi connectivity index (χ4v) is 2.03. The Morgan fingerprint density at radius 3 is 2.43 bits per heavy atom. The predicted molar refractivity (Wildman–Crippen MR) is 72.3 cm³/mol. The zero-order chi connectivity index (χ0) is 15.0. The smallest absolute Gasteiger partial charge is 0.247 e. The summed E-state index contributed by atoms with van der Waals surface area (Å²) in [7, 11) is 0. The Bertz CT molecular complexity index is 830. The normalized spacial score (nSPS) is 10.8. The number of halogens is 2. The topological polar surface area (TPSA) is 84.9 Å². The van der Waals surface area contributed by atoms with E-state index in [4.69, 9.17) is 10.3 Å². The van der Waals surface area contributed by atoms with Crippen LogP contribution in [-0.2, 0) is 0 Å². The highest BCUT2D eigenvalue weighted by Gasteiger charge is 2.19. The van der Waals surface area contributed by atoms with Gasteiger partial charge in [-0.2, -0.15) is 0 Å². The van der Waals surface area contributed by atoms with E-state index in [2.05, 4.69) is 10.1 Å². The molecule has 0 unspecified atom stereocenters. The fourth-order valence-electron chi connectivity index (χ4n) is 2.03. The number of hydrogen-bond acceptors (Lipinski definition) is 4. The van der Waals surface area contributed by atoms with Gasteiger partial charge in [0.1, 0.15) is 11.6 Å². The molecule has 7 heteroatoms. The van der Waals surface area contributed by atoms with Gasteiger partial charge in [0.2, 0.25) is 5.56 Å². The molecule has 106 valence electrons. The maximum absolute atomic E-state index is 13.4. The molecule has 0 aliphatic heterocycles. The van der Waals surface area contributed by atoms with E-state index >= 15 is 0 Å². The number of benzene rings is 1. The van der Waals surface area contributed by atoms with Crippen LogP contribution < -0.4 is 11.3 Å². The molecule has 0 aliphatic carbocycles. The van der Waals surface area contributed by atoms with E-state index in [9.17, 15) is 13.6 Å². The lowest BCUT2D eigenvalue weighted by Gasteiger charge is -2.03. The summed E-state index contributed by atoms with van der Waals surface area (Å²) in [5.74, 6) is -1.26. The summed E-state index contributed by atoms with van der Waals surface area (Å²) in [6.07, 6.45) is 1.40. The molecule has 0 saturated carbocycles. The highest BCUT2D eigenvalue weighted by atomic mass is 19.1. The number of nitrogens with one attached hydrogen (secondary N) is 1. The number of aromatic amines is 1. The van der Waals surface area contributed by atoms with Gasteiger partial charge in [-0.25, -0.2) is 8.78 Å². The first-order chi connectivity index (χ1) is 10.0. The van der Waals surface area contributed by atoms with Crippen LogP contribution in [0.1, 0.15) is 0 Å². The van der Waals surface area contributed by atoms with E-state index in [1.807, 2.05) is 0 Å². The van der Waals surface area contributed by atoms with Gasteiger partial charge in [-0.15, -0.1) is 0 Å². The number of nitrogens with zero attached hydrogens (tertiary/aromatic N) is 1. The first-order valence-corrected chi connectivity index (χ1v) is 5.95. The van der Waals surface area contributed by atoms with Crippen LogP contribution in [0.25, 0.3) is 22.5 Å². The lowest BCUT2D eigenvalue weighted by molar-refractivity contribution is 0.436. The minimum atomic E-state index is -0.738. The molecule has 0 aliphatic rings. The summed E-state index contributed by atoms with van der Waals surface area (Å²) in [4.78, 5) is 13.6. The standard InChI is InChI=1S/C14H9F2N3O2/c15-9-3-8(4-10(16)5-9)12-13(21-19-14(12)17)7-1-2-11(20)18-6-7/h1-6H,(H2,17,19)(H,18,20). The highest BCUT2D eigenvalue weighted by molar-refractivity contribution is 5.86. The molecule has 2 aromatic heterocycles. The number of H-pyrrole nitrogens is 1. The van der Waals surface area contributed by atoms with E-state index in [0.717, 1.165) is 18.2 Å². The number of nitrogens with two attached hydrogens (primary N) is 1. The van der Waals surface area contributed by atoms with E-state index in [0.29, 0.717) is 5.56 Å². The van der Waals surface area contributed by atoms with E-state index in [1.54, 1.807) is 0 Å². The van der Waals surface area contributed by atoms with Crippen LogP contribution in [0.3, 0.4) is 0 Å². The van der Waals surface area contributed by atoms with Crippen LogP contribution in [0.2, 0.25) is 0 Å². The van der Waals surface area contributed by atoms with Crippen LogP contribution in [-0.4, -0.2) is 10.1 Å². The van der Waals surface area contributed by atoms with Gasteiger partial charge in [-0.3, -0.25) is 4.79 Å². The Balaban J connectivity index is 2.21. The minimum Gasteiger partial charge on any atom is -0.380 e. The Kier molecular flexibility index (Phi) is 3.02. The van der Waals surface area contributed by atoms with Crippen LogP contribution in [0.4, 0.5) is 14.6 Å². The summed E-state index contributed by atoms with van der Waals surface area (Å²) >= 11 is 0. The molecule has 2 heterocycles. The molecule has 5 nitrogen and oxygen atoms in total. The fraction of sp³-hybridized carbons (Fsp3) is 0. The number of aromatic nitrogens is 2. The first-order valence-electron chi connectivity index (χ1n) is 5.95. The van der Waals surface area contributed by atoms with E-state index in [-0.39, 0.29) is 28.3 Å². The molecular weight excluding hydrogens is 280 g/mol. The van der Waals surface area contributed by atoms with Crippen LogP contribution in [0, 0.1) is 11.6 Å². The molecule has 0 fully saturated rings. The van der Waals surface area contributed by atoms with Gasteiger partial charge < -0.3 is 15.2 Å². The van der Waals surface area contributed by atoms with Crippen molar-refractivity contribution in [3.05, 3.63) is 58.5 Å². The highest BCUT2D eigenvalue weighted by Crippen LogP contribution is 2.36. The molecule has 21 heavy (non-hydrogen) atoms. The van der Waals surface area contributed by atoms with Gasteiger partial charge in [0.05, 0.1) is 5.56 Å². The average molecular weight is 289 g/mol. The average Bonchev–Trinajstić information content (AvgIpc) is 2.80. The van der Waals surface area contributed by atoms with Crippen molar-refractivity contribution < 1.29 is 13.3 Å². The second-order valence-corrected chi connectivity index (χ2v) is 4.37. The molecule has 0 atom stereocenters. The summed E-state index contributed by atoms with van der Waals surface area (Å²) in [5, 5.41) is 3.62. The van der Waals surface area contributed by atoms with Gasteiger partial charge in [-0.1, -0.05) is 5.16 Å². The number of nitrogen functional groups attached to an aromatic ring is 1. The van der Waals surface area contributed by atoms with Crippen molar-refractivity contribution in [2.45, 2.75) is 0 Å². The summed E-state index contributed by atoms with van der Waals surface area (Å²) in [5.41, 5.74) is 6.38. The van der Waals surface area contributed by atoms with Crippen LogP contribution in [0.5, 0.6) is 0 Å². The van der Waals surface area contributed by atoms with Crippen molar-refractivity contribution in [1.82, 2.24) is 10.1 Å². The zero-order valence-electron chi connectivity index (χ0n) is 10.6. The molecule has 3 N–H and O–H groups in total. The monoisotopic (exact) mass is 289 g/mol. The molecule has 0 spiro atoms. The number of anilines is 1. The molecule has 0 saturated heterocycles. The lowest BCUT2D eigenvalue weighted by Crippen LogP contribution is -2.01. The van der Waals surface area contributed by atoms with Crippen molar-refractivity contribution in [2.75, 3.05) is 5.73 Å².